The summed E-state index contributed by atoms with van der Waals surface area (Å²) in [6.45, 7) is 6.59. The Bertz CT molecular complexity index is 335. The standard InChI is InChI=1S/C10H18N4O2/c1-7(2)12-6-10(15)11-5-4-9-13-8(3)16-14-9/h7,12H,4-6H2,1-3H3,(H,11,15). The minimum Gasteiger partial charge on any atom is -0.355 e. The van der Waals surface area contributed by atoms with E-state index in [1.54, 1.807) is 6.92 Å². The van der Waals surface area contributed by atoms with Gasteiger partial charge >= 0.3 is 0 Å². The maximum Gasteiger partial charge on any atom is 0.233 e. The largest absolute Gasteiger partial charge is 0.355 e. The topological polar surface area (TPSA) is 80.0 Å². The summed E-state index contributed by atoms with van der Waals surface area (Å²) in [5.74, 6) is 1.14. The normalized spacial score (nSPS) is 10.8. The zero-order chi connectivity index (χ0) is 12.0. The molecule has 0 aromatic carbocycles. The summed E-state index contributed by atoms with van der Waals surface area (Å²) in [5.41, 5.74) is 0. The number of aryl methyl sites for hydroxylation is 1. The fourth-order valence-corrected chi connectivity index (χ4v) is 1.12. The van der Waals surface area contributed by atoms with E-state index in [2.05, 4.69) is 20.8 Å². The number of aromatic nitrogens is 2. The third-order valence-electron chi connectivity index (χ3n) is 1.91. The van der Waals surface area contributed by atoms with Crippen LogP contribution >= 0.6 is 0 Å². The maximum atomic E-state index is 11.3. The first-order valence-electron chi connectivity index (χ1n) is 5.37. The molecule has 0 aliphatic heterocycles. The number of nitrogens with one attached hydrogen (secondary N) is 2. The molecule has 0 aliphatic carbocycles. The summed E-state index contributed by atoms with van der Waals surface area (Å²) < 4.78 is 4.81. The van der Waals surface area contributed by atoms with E-state index in [1.807, 2.05) is 13.8 Å². The van der Waals surface area contributed by atoms with Crippen LogP contribution in [-0.2, 0) is 11.2 Å². The number of carbonyl (C=O) groups is 1. The molecule has 6 nitrogen and oxygen atoms in total. The number of hydrogen-bond acceptors (Lipinski definition) is 5. The highest BCUT2D eigenvalue weighted by atomic mass is 16.5. The third-order valence-corrected chi connectivity index (χ3v) is 1.91. The minimum atomic E-state index is -0.0195. The molecule has 2 N–H and O–H groups in total. The number of carbonyl (C=O) groups excluding carboxylic acids is 1. The van der Waals surface area contributed by atoms with Crippen LogP contribution in [0.15, 0.2) is 4.52 Å². The highest BCUT2D eigenvalue weighted by Gasteiger charge is 2.04. The molecular formula is C10H18N4O2. The molecule has 90 valence electrons. The van der Waals surface area contributed by atoms with Crippen LogP contribution in [-0.4, -0.2) is 35.2 Å². The second-order valence-corrected chi connectivity index (χ2v) is 3.87. The molecule has 1 aromatic rings. The van der Waals surface area contributed by atoms with Crippen LogP contribution in [0.2, 0.25) is 0 Å². The Morgan fingerprint density at radius 3 is 2.81 bits per heavy atom. The van der Waals surface area contributed by atoms with Gasteiger partial charge in [0.1, 0.15) is 0 Å². The van der Waals surface area contributed by atoms with E-state index in [4.69, 9.17) is 4.52 Å². The molecular weight excluding hydrogens is 208 g/mol. The Labute approximate surface area is 94.8 Å². The van der Waals surface area contributed by atoms with Gasteiger partial charge in [0, 0.05) is 25.9 Å². The van der Waals surface area contributed by atoms with Crippen molar-refractivity contribution in [3.05, 3.63) is 11.7 Å². The van der Waals surface area contributed by atoms with Crippen molar-refractivity contribution in [3.8, 4) is 0 Å². The highest BCUT2D eigenvalue weighted by molar-refractivity contribution is 5.77. The van der Waals surface area contributed by atoms with Gasteiger partial charge in [0.15, 0.2) is 5.82 Å². The Kier molecular flexibility index (Phi) is 4.91. The van der Waals surface area contributed by atoms with Crippen molar-refractivity contribution in [1.82, 2.24) is 20.8 Å². The lowest BCUT2D eigenvalue weighted by Crippen LogP contribution is -2.37. The molecule has 0 unspecified atom stereocenters. The molecule has 0 spiro atoms. The average Bonchev–Trinajstić information content (AvgIpc) is 2.61. The zero-order valence-electron chi connectivity index (χ0n) is 9.91. The smallest absolute Gasteiger partial charge is 0.233 e. The van der Waals surface area contributed by atoms with Gasteiger partial charge < -0.3 is 15.2 Å². The van der Waals surface area contributed by atoms with Gasteiger partial charge in [-0.05, 0) is 0 Å². The van der Waals surface area contributed by atoms with Crippen LogP contribution in [0.4, 0.5) is 0 Å². The van der Waals surface area contributed by atoms with Gasteiger partial charge in [0.05, 0.1) is 6.54 Å². The second-order valence-electron chi connectivity index (χ2n) is 3.87. The summed E-state index contributed by atoms with van der Waals surface area (Å²) in [5, 5.41) is 9.54. The van der Waals surface area contributed by atoms with Gasteiger partial charge in [0.2, 0.25) is 11.8 Å². The Morgan fingerprint density at radius 2 is 2.25 bits per heavy atom. The fourth-order valence-electron chi connectivity index (χ4n) is 1.12. The maximum absolute atomic E-state index is 11.3. The lowest BCUT2D eigenvalue weighted by molar-refractivity contribution is -0.120. The van der Waals surface area contributed by atoms with E-state index in [0.717, 1.165) is 0 Å². The Hall–Kier alpha value is -1.43. The van der Waals surface area contributed by atoms with Crippen LogP contribution in [0.1, 0.15) is 25.6 Å². The van der Waals surface area contributed by atoms with Crippen LogP contribution in [0.3, 0.4) is 0 Å². The quantitative estimate of drug-likeness (QED) is 0.715. The summed E-state index contributed by atoms with van der Waals surface area (Å²) in [6.07, 6.45) is 0.588. The van der Waals surface area contributed by atoms with Crippen molar-refractivity contribution in [2.75, 3.05) is 13.1 Å². The predicted octanol–water partition coefficient (Wildman–Crippen LogP) is 0.0347. The molecule has 0 fully saturated rings. The molecule has 16 heavy (non-hydrogen) atoms. The first-order chi connectivity index (χ1) is 7.58. The fraction of sp³-hybridized carbons (Fsp3) is 0.700. The van der Waals surface area contributed by atoms with Gasteiger partial charge in [-0.2, -0.15) is 4.98 Å². The molecule has 0 saturated heterocycles. The first-order valence-corrected chi connectivity index (χ1v) is 5.37. The van der Waals surface area contributed by atoms with Gasteiger partial charge in [0.25, 0.3) is 0 Å². The van der Waals surface area contributed by atoms with Crippen LogP contribution in [0, 0.1) is 6.92 Å². The number of amides is 1. The van der Waals surface area contributed by atoms with E-state index >= 15 is 0 Å². The molecule has 6 heteroatoms. The van der Waals surface area contributed by atoms with E-state index in [-0.39, 0.29) is 5.91 Å². The van der Waals surface area contributed by atoms with E-state index in [1.165, 1.54) is 0 Å². The predicted molar refractivity (Wildman–Crippen MR) is 58.9 cm³/mol. The number of rotatable bonds is 6. The monoisotopic (exact) mass is 226 g/mol. The van der Waals surface area contributed by atoms with Crippen LogP contribution in [0.5, 0.6) is 0 Å². The van der Waals surface area contributed by atoms with Crippen molar-refractivity contribution in [3.63, 3.8) is 0 Å². The van der Waals surface area contributed by atoms with E-state index in [9.17, 15) is 4.79 Å². The zero-order valence-corrected chi connectivity index (χ0v) is 9.91. The highest BCUT2D eigenvalue weighted by Crippen LogP contribution is 1.94. The summed E-state index contributed by atoms with van der Waals surface area (Å²) in [6, 6.07) is 0.311. The SMILES string of the molecule is Cc1nc(CCNC(=O)CNC(C)C)no1. The van der Waals surface area contributed by atoms with E-state index < -0.39 is 0 Å². The molecule has 1 amide bonds. The van der Waals surface area contributed by atoms with Crippen molar-refractivity contribution < 1.29 is 9.32 Å². The van der Waals surface area contributed by atoms with Crippen molar-refractivity contribution in [2.24, 2.45) is 0 Å². The van der Waals surface area contributed by atoms with Gasteiger partial charge in [-0.15, -0.1) is 0 Å². The summed E-state index contributed by atoms with van der Waals surface area (Å²) >= 11 is 0. The molecule has 1 rings (SSSR count). The van der Waals surface area contributed by atoms with Crippen LogP contribution < -0.4 is 10.6 Å². The van der Waals surface area contributed by atoms with Crippen LogP contribution in [0.25, 0.3) is 0 Å². The summed E-state index contributed by atoms with van der Waals surface area (Å²) in [4.78, 5) is 15.3. The number of hydrogen-bond donors (Lipinski definition) is 2. The van der Waals surface area contributed by atoms with E-state index in [0.29, 0.717) is 37.3 Å². The summed E-state index contributed by atoms with van der Waals surface area (Å²) in [7, 11) is 0. The lowest BCUT2D eigenvalue weighted by atomic mass is 10.3. The minimum absolute atomic E-state index is 0.0195. The number of nitrogens with zero attached hydrogens (tertiary/aromatic N) is 2. The van der Waals surface area contributed by atoms with Crippen molar-refractivity contribution in [2.45, 2.75) is 33.2 Å². The Morgan fingerprint density at radius 1 is 1.50 bits per heavy atom. The van der Waals surface area contributed by atoms with Crippen molar-refractivity contribution >= 4 is 5.91 Å². The average molecular weight is 226 g/mol. The second kappa shape index (κ2) is 6.22. The molecule has 1 heterocycles. The molecule has 1 aromatic heterocycles. The molecule has 0 aliphatic rings. The molecule has 0 atom stereocenters. The molecule has 0 radical (unpaired) electrons. The van der Waals surface area contributed by atoms with Gasteiger partial charge in [-0.3, -0.25) is 4.79 Å². The first kappa shape index (κ1) is 12.6. The lowest BCUT2D eigenvalue weighted by Gasteiger charge is -2.07. The molecule has 0 saturated carbocycles. The third kappa shape index (κ3) is 4.88. The molecule has 0 bridgehead atoms. The van der Waals surface area contributed by atoms with Gasteiger partial charge in [-0.25, -0.2) is 0 Å². The van der Waals surface area contributed by atoms with Gasteiger partial charge in [-0.1, -0.05) is 19.0 Å². The Balaban J connectivity index is 2.13. The van der Waals surface area contributed by atoms with Crippen molar-refractivity contribution in [1.29, 1.82) is 0 Å².